The Morgan fingerprint density at radius 1 is 1.20 bits per heavy atom. The first-order valence-electron chi connectivity index (χ1n) is 12.0. The largest absolute Gasteiger partial charge is 0.439 e. The number of aromatic nitrogens is 1. The smallest absolute Gasteiger partial charge is 0.417 e. The van der Waals surface area contributed by atoms with Crippen molar-refractivity contribution in [3.63, 3.8) is 0 Å². The molecular weight excluding hydrogens is 476 g/mol. The molecular formula is C27H34N2O4SSi. The average Bonchev–Trinajstić information content (AvgIpc) is 3.30. The maximum absolute atomic E-state index is 13.6. The topological polar surface area (TPSA) is 68.7 Å². The van der Waals surface area contributed by atoms with Gasteiger partial charge in [0.05, 0.1) is 33.8 Å². The molecule has 1 aromatic heterocycles. The first-order valence-corrected chi connectivity index (χ1v) is 15.7. The summed E-state index contributed by atoms with van der Waals surface area (Å²) in [7, 11) is -2.22. The highest BCUT2D eigenvalue weighted by Crippen LogP contribution is 2.42. The molecule has 3 atom stereocenters. The molecule has 0 saturated carbocycles. The van der Waals surface area contributed by atoms with Crippen LogP contribution in [0.5, 0.6) is 0 Å². The molecule has 1 aliphatic heterocycles. The third-order valence-corrected chi connectivity index (χ3v) is 12.6. The summed E-state index contributed by atoms with van der Waals surface area (Å²) in [6.45, 7) is 14.7. The van der Waals surface area contributed by atoms with Crippen molar-refractivity contribution in [2.45, 2.75) is 77.4 Å². The van der Waals surface area contributed by atoms with E-state index in [1.165, 1.54) is 4.90 Å². The van der Waals surface area contributed by atoms with Crippen LogP contribution in [-0.4, -0.2) is 36.2 Å². The van der Waals surface area contributed by atoms with Gasteiger partial charge in [-0.15, -0.1) is 11.3 Å². The number of thiazole rings is 1. The van der Waals surface area contributed by atoms with E-state index in [1.807, 2.05) is 62.4 Å². The number of hydrogen-bond donors (Lipinski definition) is 0. The fourth-order valence-corrected chi connectivity index (χ4v) is 6.25. The van der Waals surface area contributed by atoms with E-state index in [9.17, 15) is 9.59 Å². The molecule has 2 amide bonds. The molecule has 186 valence electrons. The highest BCUT2D eigenvalue weighted by atomic mass is 32.1. The van der Waals surface area contributed by atoms with Crippen molar-refractivity contribution >= 4 is 41.9 Å². The fourth-order valence-electron chi connectivity index (χ4n) is 4.16. The maximum Gasteiger partial charge on any atom is 0.417 e. The molecule has 0 radical (unpaired) electrons. The van der Waals surface area contributed by atoms with Gasteiger partial charge in [-0.25, -0.2) is 14.7 Å². The lowest BCUT2D eigenvalue weighted by Gasteiger charge is -2.39. The molecule has 1 saturated heterocycles. The number of benzene rings is 2. The molecule has 8 heteroatoms. The summed E-state index contributed by atoms with van der Waals surface area (Å²) < 4.78 is 13.5. The van der Waals surface area contributed by atoms with Crippen molar-refractivity contribution in [3.8, 4) is 0 Å². The third kappa shape index (κ3) is 5.20. The Morgan fingerprint density at radius 3 is 2.54 bits per heavy atom. The predicted molar refractivity (Wildman–Crippen MR) is 142 cm³/mol. The zero-order valence-corrected chi connectivity index (χ0v) is 23.3. The third-order valence-electron chi connectivity index (χ3n) is 7.16. The second-order valence-electron chi connectivity index (χ2n) is 10.8. The maximum atomic E-state index is 13.6. The highest BCUT2D eigenvalue weighted by molar-refractivity contribution is 7.18. The number of fused-ring (bicyclic) bond motifs is 1. The lowest BCUT2D eigenvalue weighted by atomic mass is 10.0. The Labute approximate surface area is 212 Å². The van der Waals surface area contributed by atoms with Crippen LogP contribution in [0.4, 0.5) is 4.79 Å². The SMILES string of the molecule is Cc1nc2cc(C(CC(=O)N3C(=O)O[C@H](c4ccccc4)[C@@H]3C)O[Si](C)(C)C(C)(C)C)ccc2s1. The van der Waals surface area contributed by atoms with Crippen LogP contribution in [0, 0.1) is 6.92 Å². The van der Waals surface area contributed by atoms with Crippen molar-refractivity contribution in [1.29, 1.82) is 0 Å². The van der Waals surface area contributed by atoms with Gasteiger partial charge in [-0.3, -0.25) is 4.79 Å². The number of cyclic esters (lactones) is 1. The normalized spacial score (nSPS) is 19.7. The number of imide groups is 1. The van der Waals surface area contributed by atoms with Crippen LogP contribution in [-0.2, 0) is 14.0 Å². The van der Waals surface area contributed by atoms with Crippen LogP contribution < -0.4 is 0 Å². The molecule has 0 spiro atoms. The number of aryl methyl sites for hydroxylation is 1. The van der Waals surface area contributed by atoms with Crippen molar-refractivity contribution in [3.05, 3.63) is 64.7 Å². The zero-order valence-electron chi connectivity index (χ0n) is 21.5. The van der Waals surface area contributed by atoms with Gasteiger partial charge < -0.3 is 9.16 Å². The van der Waals surface area contributed by atoms with Crippen LogP contribution in [0.15, 0.2) is 48.5 Å². The van der Waals surface area contributed by atoms with E-state index in [1.54, 1.807) is 11.3 Å². The van der Waals surface area contributed by atoms with Gasteiger partial charge in [-0.1, -0.05) is 57.2 Å². The van der Waals surface area contributed by atoms with E-state index in [4.69, 9.17) is 9.16 Å². The summed E-state index contributed by atoms with van der Waals surface area (Å²) in [5.74, 6) is -0.292. The van der Waals surface area contributed by atoms with E-state index < -0.39 is 32.7 Å². The average molecular weight is 511 g/mol. The Balaban J connectivity index is 1.63. The van der Waals surface area contributed by atoms with Gasteiger partial charge in [0.15, 0.2) is 8.32 Å². The molecule has 1 fully saturated rings. The Bertz CT molecular complexity index is 1230. The second-order valence-corrected chi connectivity index (χ2v) is 16.7. The molecule has 2 aromatic carbocycles. The predicted octanol–water partition coefficient (Wildman–Crippen LogP) is 7.17. The molecule has 1 aliphatic rings. The monoisotopic (exact) mass is 510 g/mol. The van der Waals surface area contributed by atoms with Gasteiger partial charge in [-0.2, -0.15) is 0 Å². The van der Waals surface area contributed by atoms with Gasteiger partial charge in [0.2, 0.25) is 5.91 Å². The van der Waals surface area contributed by atoms with Gasteiger partial charge in [0, 0.05) is 0 Å². The van der Waals surface area contributed by atoms with Crippen molar-refractivity contribution in [2.24, 2.45) is 0 Å². The van der Waals surface area contributed by atoms with Crippen LogP contribution in [0.25, 0.3) is 10.2 Å². The molecule has 6 nitrogen and oxygen atoms in total. The Hall–Kier alpha value is -2.55. The second kappa shape index (κ2) is 9.48. The molecule has 0 N–H and O–H groups in total. The molecule has 4 rings (SSSR count). The van der Waals surface area contributed by atoms with Gasteiger partial charge in [0.25, 0.3) is 0 Å². The molecule has 35 heavy (non-hydrogen) atoms. The van der Waals surface area contributed by atoms with E-state index >= 15 is 0 Å². The summed E-state index contributed by atoms with van der Waals surface area (Å²) in [5, 5.41) is 0.962. The minimum absolute atomic E-state index is 0.0338. The van der Waals surface area contributed by atoms with Gasteiger partial charge >= 0.3 is 6.09 Å². The first kappa shape index (κ1) is 25.5. The lowest BCUT2D eigenvalue weighted by molar-refractivity contribution is -0.131. The zero-order chi connectivity index (χ0) is 25.5. The Morgan fingerprint density at radius 2 is 1.89 bits per heavy atom. The number of hydrogen-bond acceptors (Lipinski definition) is 6. The van der Waals surface area contributed by atoms with Crippen LogP contribution in [0.2, 0.25) is 18.1 Å². The van der Waals surface area contributed by atoms with Crippen molar-refractivity contribution in [2.75, 3.05) is 0 Å². The summed E-state index contributed by atoms with van der Waals surface area (Å²) in [5.41, 5.74) is 2.68. The first-order chi connectivity index (χ1) is 16.4. The van der Waals surface area contributed by atoms with Gasteiger partial charge in [0.1, 0.15) is 6.10 Å². The standard InChI is InChI=1S/C27H34N2O4SSi/c1-17-25(19-11-9-8-10-12-19)32-26(31)29(17)24(30)16-22(33-35(6,7)27(3,4)5)20-13-14-23-21(15-20)28-18(2)34-23/h8-15,17,22,25H,16H2,1-7H3/t17-,22?,25-/m0/s1. The van der Waals surface area contributed by atoms with Crippen LogP contribution in [0.1, 0.15) is 62.5 Å². The van der Waals surface area contributed by atoms with E-state index in [0.29, 0.717) is 0 Å². The molecule has 0 aliphatic carbocycles. The van der Waals surface area contributed by atoms with Gasteiger partial charge in [-0.05, 0) is 55.2 Å². The Kier molecular flexibility index (Phi) is 6.92. The number of ether oxygens (including phenoxy) is 1. The fraction of sp³-hybridized carbons (Fsp3) is 0.444. The summed E-state index contributed by atoms with van der Waals surface area (Å²) in [4.78, 5) is 32.3. The minimum atomic E-state index is -2.22. The number of carbonyl (C=O) groups is 2. The number of carbonyl (C=O) groups excluding carboxylic acids is 2. The molecule has 3 aromatic rings. The van der Waals surface area contributed by atoms with Crippen LogP contribution in [0.3, 0.4) is 0 Å². The molecule has 1 unspecified atom stereocenters. The summed E-state index contributed by atoms with van der Waals surface area (Å²) in [6.07, 6.45) is -1.51. The van der Waals surface area contributed by atoms with E-state index in [-0.39, 0.29) is 17.4 Å². The quantitative estimate of drug-likeness (QED) is 0.329. The van der Waals surface area contributed by atoms with Crippen molar-refractivity contribution < 1.29 is 18.8 Å². The number of rotatable bonds is 6. The number of nitrogens with zero attached hydrogens (tertiary/aromatic N) is 2. The van der Waals surface area contributed by atoms with E-state index in [0.717, 1.165) is 26.4 Å². The minimum Gasteiger partial charge on any atom is -0.439 e. The summed E-state index contributed by atoms with van der Waals surface area (Å²) in [6, 6.07) is 15.2. The molecule has 0 bridgehead atoms. The lowest BCUT2D eigenvalue weighted by Crippen LogP contribution is -2.44. The summed E-state index contributed by atoms with van der Waals surface area (Å²) >= 11 is 1.64. The highest BCUT2D eigenvalue weighted by Gasteiger charge is 2.45. The van der Waals surface area contributed by atoms with E-state index in [2.05, 4.69) is 38.8 Å². The van der Waals surface area contributed by atoms with Crippen molar-refractivity contribution in [1.82, 2.24) is 9.88 Å². The number of amides is 2. The molecule has 2 heterocycles. The van der Waals surface area contributed by atoms with Crippen LogP contribution >= 0.6 is 11.3 Å².